The number of aryl methyl sites for hydroxylation is 1. The molecule has 2 rings (SSSR count). The Kier molecular flexibility index (Phi) is 5.11. The second kappa shape index (κ2) is 7.04. The number of unbranched alkanes of at least 4 members (excludes halogenated alkanes) is 1. The summed E-state index contributed by atoms with van der Waals surface area (Å²) in [4.78, 5) is 8.59. The van der Waals surface area contributed by atoms with Crippen molar-refractivity contribution < 1.29 is 0 Å². The summed E-state index contributed by atoms with van der Waals surface area (Å²) in [6.07, 6.45) is 2.01. The summed E-state index contributed by atoms with van der Waals surface area (Å²) in [6.45, 7) is 5.73. The van der Waals surface area contributed by atoms with Gasteiger partial charge >= 0.3 is 0 Å². The molecule has 0 aliphatic rings. The summed E-state index contributed by atoms with van der Waals surface area (Å²) in [5, 5.41) is 3.28. The van der Waals surface area contributed by atoms with Gasteiger partial charge in [-0.1, -0.05) is 18.2 Å². The molecule has 0 radical (unpaired) electrons. The van der Waals surface area contributed by atoms with Crippen LogP contribution in [0.2, 0.25) is 0 Å². The van der Waals surface area contributed by atoms with Crippen LogP contribution < -0.4 is 16.8 Å². The van der Waals surface area contributed by atoms with Crippen molar-refractivity contribution in [2.75, 3.05) is 24.1 Å². The van der Waals surface area contributed by atoms with Crippen molar-refractivity contribution in [2.24, 2.45) is 5.73 Å². The number of anilines is 2. The average Bonchev–Trinajstić information content (AvgIpc) is 2.46. The molecule has 0 saturated heterocycles. The summed E-state index contributed by atoms with van der Waals surface area (Å²) in [5.41, 5.74) is 15.7. The minimum Gasteiger partial charge on any atom is -0.370 e. The van der Waals surface area contributed by atoms with Crippen LogP contribution in [0, 0.1) is 13.8 Å². The van der Waals surface area contributed by atoms with E-state index in [2.05, 4.69) is 41.3 Å². The highest BCUT2D eigenvalue weighted by Crippen LogP contribution is 2.25. The fourth-order valence-electron chi connectivity index (χ4n) is 2.21. The Morgan fingerprint density at radius 1 is 1.14 bits per heavy atom. The highest BCUT2D eigenvalue weighted by atomic mass is 15.1. The van der Waals surface area contributed by atoms with E-state index in [4.69, 9.17) is 11.5 Å². The first-order chi connectivity index (χ1) is 10.1. The number of nitrogens with two attached hydrogens (primary N) is 2. The molecule has 0 aliphatic carbocycles. The van der Waals surface area contributed by atoms with Gasteiger partial charge in [-0.3, -0.25) is 0 Å². The second-order valence-electron chi connectivity index (χ2n) is 5.17. The summed E-state index contributed by atoms with van der Waals surface area (Å²) in [6, 6.07) is 8.13. The van der Waals surface area contributed by atoms with Crippen LogP contribution in [0.3, 0.4) is 0 Å². The van der Waals surface area contributed by atoms with E-state index in [1.807, 2.05) is 12.1 Å². The van der Waals surface area contributed by atoms with Crippen molar-refractivity contribution >= 4 is 11.8 Å². The lowest BCUT2D eigenvalue weighted by Crippen LogP contribution is -2.08. The molecule has 21 heavy (non-hydrogen) atoms. The number of nitrogens with zero attached hydrogens (tertiary/aromatic N) is 2. The quantitative estimate of drug-likeness (QED) is 0.709. The van der Waals surface area contributed by atoms with Crippen molar-refractivity contribution in [1.82, 2.24) is 9.97 Å². The molecule has 1 heterocycles. The van der Waals surface area contributed by atoms with Gasteiger partial charge in [0.15, 0.2) is 0 Å². The van der Waals surface area contributed by atoms with Crippen LogP contribution in [0.15, 0.2) is 24.3 Å². The van der Waals surface area contributed by atoms with Gasteiger partial charge in [-0.2, -0.15) is 4.98 Å². The molecule has 0 aliphatic heterocycles. The molecule has 5 nitrogen and oxygen atoms in total. The third kappa shape index (κ3) is 3.92. The van der Waals surface area contributed by atoms with E-state index in [1.54, 1.807) is 0 Å². The van der Waals surface area contributed by atoms with Gasteiger partial charge < -0.3 is 16.8 Å². The number of rotatable bonds is 6. The lowest BCUT2D eigenvalue weighted by Gasteiger charge is -2.11. The van der Waals surface area contributed by atoms with Crippen LogP contribution in [0.1, 0.15) is 24.0 Å². The van der Waals surface area contributed by atoms with Crippen molar-refractivity contribution in [3.8, 4) is 11.3 Å². The molecule has 5 N–H and O–H groups in total. The summed E-state index contributed by atoms with van der Waals surface area (Å²) in [5.74, 6) is 1.05. The Labute approximate surface area is 125 Å². The van der Waals surface area contributed by atoms with Gasteiger partial charge in [0.2, 0.25) is 5.95 Å². The maximum atomic E-state index is 5.83. The molecule has 112 valence electrons. The highest BCUT2D eigenvalue weighted by molar-refractivity contribution is 5.68. The third-order valence-electron chi connectivity index (χ3n) is 3.56. The van der Waals surface area contributed by atoms with E-state index in [1.165, 1.54) is 11.1 Å². The normalized spacial score (nSPS) is 10.6. The molecule has 0 fully saturated rings. The summed E-state index contributed by atoms with van der Waals surface area (Å²) in [7, 11) is 0. The minimum absolute atomic E-state index is 0.287. The van der Waals surface area contributed by atoms with E-state index >= 15 is 0 Å². The molecule has 0 unspecified atom stereocenters. The minimum atomic E-state index is 0.287. The topological polar surface area (TPSA) is 89.8 Å². The first-order valence-corrected chi connectivity index (χ1v) is 7.27. The number of nitrogens with one attached hydrogen (secondary N) is 1. The van der Waals surface area contributed by atoms with Gasteiger partial charge in [-0.15, -0.1) is 0 Å². The van der Waals surface area contributed by atoms with Gasteiger partial charge in [0, 0.05) is 18.2 Å². The van der Waals surface area contributed by atoms with Crippen molar-refractivity contribution in [1.29, 1.82) is 0 Å². The number of hydrogen-bond acceptors (Lipinski definition) is 5. The molecule has 5 heteroatoms. The SMILES string of the molecule is Cc1cccc(-c2cc(NCCCCN)nc(N)n2)c1C. The third-order valence-corrected chi connectivity index (χ3v) is 3.56. The van der Waals surface area contributed by atoms with Gasteiger partial charge in [-0.25, -0.2) is 4.98 Å². The molecule has 0 saturated carbocycles. The molecule has 1 aromatic carbocycles. The van der Waals surface area contributed by atoms with Crippen molar-refractivity contribution in [2.45, 2.75) is 26.7 Å². The fraction of sp³-hybridized carbons (Fsp3) is 0.375. The molecule has 0 amide bonds. The predicted molar refractivity (Wildman–Crippen MR) is 88.1 cm³/mol. The standard InChI is InChI=1S/C16H23N5/c1-11-6-5-7-13(12(11)2)14-10-15(21-16(18)20-14)19-9-4-3-8-17/h5-7,10H,3-4,8-9,17H2,1-2H3,(H3,18,19,20,21). The summed E-state index contributed by atoms with van der Waals surface area (Å²) >= 11 is 0. The molecular weight excluding hydrogens is 262 g/mol. The van der Waals surface area contributed by atoms with Crippen LogP contribution >= 0.6 is 0 Å². The van der Waals surface area contributed by atoms with Crippen LogP contribution in [-0.4, -0.2) is 23.1 Å². The Morgan fingerprint density at radius 2 is 1.95 bits per heavy atom. The smallest absolute Gasteiger partial charge is 0.222 e. The zero-order chi connectivity index (χ0) is 15.2. The van der Waals surface area contributed by atoms with Gasteiger partial charge in [0.1, 0.15) is 5.82 Å². The average molecular weight is 285 g/mol. The molecular formula is C16H23N5. The van der Waals surface area contributed by atoms with Crippen LogP contribution in [0.5, 0.6) is 0 Å². The maximum Gasteiger partial charge on any atom is 0.222 e. The van der Waals surface area contributed by atoms with E-state index in [9.17, 15) is 0 Å². The zero-order valence-electron chi connectivity index (χ0n) is 12.7. The van der Waals surface area contributed by atoms with Crippen molar-refractivity contribution in [3.05, 3.63) is 35.4 Å². The summed E-state index contributed by atoms with van der Waals surface area (Å²) < 4.78 is 0. The molecule has 0 bridgehead atoms. The molecule has 1 aromatic heterocycles. The van der Waals surface area contributed by atoms with E-state index in [0.29, 0.717) is 6.54 Å². The van der Waals surface area contributed by atoms with Crippen LogP contribution in [0.25, 0.3) is 11.3 Å². The monoisotopic (exact) mass is 285 g/mol. The van der Waals surface area contributed by atoms with Gasteiger partial charge in [0.05, 0.1) is 5.69 Å². The lowest BCUT2D eigenvalue weighted by molar-refractivity contribution is 0.772. The van der Waals surface area contributed by atoms with E-state index in [0.717, 1.165) is 36.5 Å². The molecule has 0 spiro atoms. The maximum absolute atomic E-state index is 5.83. The van der Waals surface area contributed by atoms with Crippen LogP contribution in [0.4, 0.5) is 11.8 Å². The lowest BCUT2D eigenvalue weighted by atomic mass is 10.0. The fourth-order valence-corrected chi connectivity index (χ4v) is 2.21. The number of aromatic nitrogens is 2. The Hall–Kier alpha value is -2.14. The molecule has 0 atom stereocenters. The zero-order valence-corrected chi connectivity index (χ0v) is 12.7. The van der Waals surface area contributed by atoms with Crippen LogP contribution in [-0.2, 0) is 0 Å². The van der Waals surface area contributed by atoms with E-state index < -0.39 is 0 Å². The van der Waals surface area contributed by atoms with Gasteiger partial charge in [-0.05, 0) is 44.4 Å². The predicted octanol–water partition coefficient (Wildman–Crippen LogP) is 2.49. The van der Waals surface area contributed by atoms with E-state index in [-0.39, 0.29) is 5.95 Å². The highest BCUT2D eigenvalue weighted by Gasteiger charge is 2.08. The first-order valence-electron chi connectivity index (χ1n) is 7.27. The largest absolute Gasteiger partial charge is 0.370 e. The van der Waals surface area contributed by atoms with Crippen molar-refractivity contribution in [3.63, 3.8) is 0 Å². The second-order valence-corrected chi connectivity index (χ2v) is 5.17. The van der Waals surface area contributed by atoms with Gasteiger partial charge in [0.25, 0.3) is 0 Å². The molecule has 2 aromatic rings. The Morgan fingerprint density at radius 3 is 2.71 bits per heavy atom. The Bertz CT molecular complexity index is 610. The Balaban J connectivity index is 2.24. The number of hydrogen-bond donors (Lipinski definition) is 3. The first kappa shape index (κ1) is 15.3. The number of nitrogen functional groups attached to an aromatic ring is 1. The number of benzene rings is 1.